The molecule has 0 unspecified atom stereocenters. The Kier molecular flexibility index (Phi) is 4.23. The van der Waals surface area contributed by atoms with Crippen molar-refractivity contribution in [1.29, 1.82) is 0 Å². The van der Waals surface area contributed by atoms with Gasteiger partial charge in [-0.25, -0.2) is 4.58 Å². The molecule has 0 aliphatic carbocycles. The van der Waals surface area contributed by atoms with Crippen LogP contribution < -0.4 is 0 Å². The fourth-order valence-electron chi connectivity index (χ4n) is 4.95. The highest BCUT2D eigenvalue weighted by atomic mass is 32.1. The maximum Gasteiger partial charge on any atom is 0.160 e. The lowest BCUT2D eigenvalue weighted by atomic mass is 9.94. The summed E-state index contributed by atoms with van der Waals surface area (Å²) < 4.78 is 4.83. The third kappa shape index (κ3) is 2.82. The van der Waals surface area contributed by atoms with Crippen LogP contribution in [0.1, 0.15) is 11.1 Å². The molecule has 0 atom stereocenters. The SMILES string of the molecule is C=[N+]1c2ccc3ccccc3c2C([Si](C)(C)C)=C[C-]1c1cccc2c1[s+][c-]1ccccc21. The second kappa shape index (κ2) is 6.93. The van der Waals surface area contributed by atoms with Gasteiger partial charge in [-0.1, -0.05) is 84.8 Å². The van der Waals surface area contributed by atoms with Gasteiger partial charge in [0, 0.05) is 13.6 Å². The molecule has 2 heterocycles. The molecule has 1 nitrogen and oxygen atoms in total. The van der Waals surface area contributed by atoms with E-state index in [1.165, 1.54) is 59.0 Å². The first-order chi connectivity index (χ1) is 15.4. The van der Waals surface area contributed by atoms with Crippen LogP contribution in [0.15, 0.2) is 84.9 Å². The van der Waals surface area contributed by atoms with Gasteiger partial charge in [0.25, 0.3) is 0 Å². The van der Waals surface area contributed by atoms with Gasteiger partial charge >= 0.3 is 0 Å². The van der Waals surface area contributed by atoms with Gasteiger partial charge in [-0.3, -0.25) is 0 Å². The Labute approximate surface area is 194 Å². The highest BCUT2D eigenvalue weighted by molar-refractivity contribution is 7.26. The molecule has 0 radical (unpaired) electrons. The normalized spacial score (nSPS) is 14.3. The molecule has 32 heavy (non-hydrogen) atoms. The Bertz CT molecular complexity index is 1580. The number of hydrogen-bond acceptors (Lipinski definition) is 0. The van der Waals surface area contributed by atoms with Crippen molar-refractivity contribution in [3.05, 3.63) is 102 Å². The van der Waals surface area contributed by atoms with Crippen molar-refractivity contribution in [2.24, 2.45) is 0 Å². The molecule has 0 bridgehead atoms. The Hall–Kier alpha value is -3.14. The topological polar surface area (TPSA) is 3.01 Å². The zero-order valence-corrected chi connectivity index (χ0v) is 20.5. The van der Waals surface area contributed by atoms with Crippen molar-refractivity contribution in [3.8, 4) is 0 Å². The molecule has 6 rings (SSSR count). The Morgan fingerprint density at radius 3 is 2.47 bits per heavy atom. The highest BCUT2D eigenvalue weighted by Crippen LogP contribution is 2.47. The summed E-state index contributed by atoms with van der Waals surface area (Å²) in [5.41, 5.74) is 3.84. The maximum atomic E-state index is 4.55. The number of hydrogen-bond donors (Lipinski definition) is 0. The molecule has 0 saturated carbocycles. The van der Waals surface area contributed by atoms with Gasteiger partial charge in [-0.15, -0.1) is 18.2 Å². The average molecular weight is 448 g/mol. The van der Waals surface area contributed by atoms with Crippen LogP contribution in [0.5, 0.6) is 0 Å². The van der Waals surface area contributed by atoms with Crippen molar-refractivity contribution in [1.82, 2.24) is 0 Å². The van der Waals surface area contributed by atoms with E-state index in [-0.39, 0.29) is 0 Å². The monoisotopic (exact) mass is 447 g/mol. The lowest BCUT2D eigenvalue weighted by Gasteiger charge is -2.33. The van der Waals surface area contributed by atoms with Gasteiger partial charge in [-0.05, 0) is 33.9 Å². The Morgan fingerprint density at radius 1 is 0.844 bits per heavy atom. The standard InChI is InChI=1S/C29H25NSSi/c1-30-24-17-16-19-10-5-6-11-20(19)28(24)27(32(2,3)4)18-25(30)23-14-9-13-22-21-12-7-8-15-26(21)31-29(22)23/h5-18H,1H2,2-4H3. The van der Waals surface area contributed by atoms with E-state index in [0.29, 0.717) is 0 Å². The van der Waals surface area contributed by atoms with Gasteiger partial charge in [0.2, 0.25) is 0 Å². The molecule has 4 aromatic carbocycles. The smallest absolute Gasteiger partial charge is 0.160 e. The van der Waals surface area contributed by atoms with E-state index >= 15 is 0 Å². The van der Waals surface area contributed by atoms with Gasteiger partial charge < -0.3 is 0 Å². The molecule has 0 amide bonds. The van der Waals surface area contributed by atoms with Crippen LogP contribution in [0.3, 0.4) is 0 Å². The zero-order chi connectivity index (χ0) is 22.0. The quantitative estimate of drug-likeness (QED) is 0.111. The molecule has 3 heteroatoms. The van der Waals surface area contributed by atoms with E-state index in [9.17, 15) is 0 Å². The molecular formula is C29H25NSSi. The molecule has 0 fully saturated rings. The van der Waals surface area contributed by atoms with Crippen molar-refractivity contribution < 1.29 is 4.58 Å². The van der Waals surface area contributed by atoms with Gasteiger partial charge in [-0.2, -0.15) is 0 Å². The summed E-state index contributed by atoms with van der Waals surface area (Å²) in [7, 11) is -1.64. The summed E-state index contributed by atoms with van der Waals surface area (Å²) in [5.74, 6) is 0. The van der Waals surface area contributed by atoms with E-state index in [1.54, 1.807) is 0 Å². The van der Waals surface area contributed by atoms with E-state index in [4.69, 9.17) is 0 Å². The summed E-state index contributed by atoms with van der Waals surface area (Å²) in [4.78, 5) is 0. The average Bonchev–Trinajstić information content (AvgIpc) is 3.17. The third-order valence-electron chi connectivity index (χ3n) is 6.53. The van der Waals surface area contributed by atoms with Crippen LogP contribution in [0, 0.1) is 6.04 Å². The minimum Gasteiger partial charge on any atom is -0.248 e. The summed E-state index contributed by atoms with van der Waals surface area (Å²) in [6.45, 7) is 11.9. The van der Waals surface area contributed by atoms with Crippen molar-refractivity contribution in [2.75, 3.05) is 0 Å². The molecule has 0 N–H and O–H groups in total. The van der Waals surface area contributed by atoms with E-state index in [1.807, 2.05) is 11.3 Å². The van der Waals surface area contributed by atoms with Gasteiger partial charge in [0.1, 0.15) is 11.3 Å². The van der Waals surface area contributed by atoms with Crippen molar-refractivity contribution >= 4 is 68.0 Å². The fraction of sp³-hybridized carbons (Fsp3) is 0.103. The van der Waals surface area contributed by atoms with E-state index < -0.39 is 8.07 Å². The molecule has 156 valence electrons. The number of nitrogens with zero attached hydrogens (tertiary/aromatic N) is 1. The van der Waals surface area contributed by atoms with Gasteiger partial charge in [0.05, 0.1) is 6.72 Å². The number of rotatable bonds is 2. The van der Waals surface area contributed by atoms with E-state index in [0.717, 1.165) is 0 Å². The molecule has 5 aromatic rings. The maximum absolute atomic E-state index is 4.55. The number of fused-ring (bicyclic) bond motifs is 6. The van der Waals surface area contributed by atoms with Crippen LogP contribution in [-0.2, 0) is 0 Å². The number of thiophene rings is 1. The lowest BCUT2D eigenvalue weighted by molar-refractivity contribution is -0.400. The summed E-state index contributed by atoms with van der Waals surface area (Å²) in [5, 5.41) is 6.78. The molecule has 1 aliphatic heterocycles. The molecule has 1 aromatic heterocycles. The second-order valence-corrected chi connectivity index (χ2v) is 15.7. The van der Waals surface area contributed by atoms with E-state index in [2.05, 4.69) is 116 Å². The Balaban J connectivity index is 1.65. The highest BCUT2D eigenvalue weighted by Gasteiger charge is 2.34. The molecule has 0 saturated heterocycles. The first-order valence-electron chi connectivity index (χ1n) is 11.1. The second-order valence-electron chi connectivity index (χ2n) is 9.58. The lowest BCUT2D eigenvalue weighted by Crippen LogP contribution is -2.29. The first-order valence-corrected chi connectivity index (χ1v) is 15.4. The summed E-state index contributed by atoms with van der Waals surface area (Å²) in [6, 6.07) is 29.8. The minimum absolute atomic E-state index is 1.20. The van der Waals surface area contributed by atoms with Crippen LogP contribution in [-0.4, -0.2) is 19.4 Å². The third-order valence-corrected chi connectivity index (χ3v) is 9.76. The Morgan fingerprint density at radius 2 is 1.62 bits per heavy atom. The summed E-state index contributed by atoms with van der Waals surface area (Å²) in [6.07, 6.45) is 2.44. The predicted molar refractivity (Wildman–Crippen MR) is 144 cm³/mol. The molecule has 1 aliphatic rings. The van der Waals surface area contributed by atoms with Crippen LogP contribution >= 0.6 is 11.3 Å². The predicted octanol–water partition coefficient (Wildman–Crippen LogP) is 8.41. The van der Waals surface area contributed by atoms with Crippen LogP contribution in [0.4, 0.5) is 5.69 Å². The van der Waals surface area contributed by atoms with Crippen LogP contribution in [0.2, 0.25) is 19.6 Å². The largest absolute Gasteiger partial charge is 0.248 e. The fourth-order valence-corrected chi connectivity index (χ4v) is 7.76. The minimum atomic E-state index is -1.64. The van der Waals surface area contributed by atoms with Crippen molar-refractivity contribution in [2.45, 2.75) is 19.6 Å². The number of benzene rings is 4. The van der Waals surface area contributed by atoms with Gasteiger partial charge in [0.15, 0.2) is 21.1 Å². The molecule has 0 spiro atoms. The van der Waals surface area contributed by atoms with Crippen LogP contribution in [0.25, 0.3) is 36.1 Å². The first kappa shape index (κ1) is 19.5. The summed E-state index contributed by atoms with van der Waals surface area (Å²) >= 11 is 1.88. The van der Waals surface area contributed by atoms with Crippen molar-refractivity contribution in [3.63, 3.8) is 0 Å². The zero-order valence-electron chi connectivity index (χ0n) is 18.6. The molecular weight excluding hydrogens is 422 g/mol.